The molecule has 0 radical (unpaired) electrons. The summed E-state index contributed by atoms with van der Waals surface area (Å²) < 4.78 is 4.60. The van der Waals surface area contributed by atoms with Crippen LogP contribution in [0.1, 0.15) is 35.1 Å². The van der Waals surface area contributed by atoms with Gasteiger partial charge in [0.05, 0.1) is 13.5 Å². The molecule has 0 bridgehead atoms. The molecule has 8 heteroatoms. The van der Waals surface area contributed by atoms with Gasteiger partial charge < -0.3 is 15.0 Å². The summed E-state index contributed by atoms with van der Waals surface area (Å²) in [7, 11) is 1.34. The average molecular weight is 317 g/mol. The predicted octanol–water partition coefficient (Wildman–Crippen LogP) is 0.502. The number of esters is 1. The Labute approximate surface area is 129 Å². The standard InChI is InChI=1S/C13H20N4O3.ClH/c1-3-17(7-5-11(18)20-2)13(19)12-9-8-14-6-4-10(9)15-16-12;/h14H,3-8H2,1-2H3,(H,15,16);1H. The van der Waals surface area contributed by atoms with E-state index in [4.69, 9.17) is 0 Å². The Morgan fingerprint density at radius 3 is 2.86 bits per heavy atom. The van der Waals surface area contributed by atoms with E-state index in [1.165, 1.54) is 7.11 Å². The van der Waals surface area contributed by atoms with Gasteiger partial charge in [-0.1, -0.05) is 0 Å². The summed E-state index contributed by atoms with van der Waals surface area (Å²) in [6.07, 6.45) is 1.05. The Morgan fingerprint density at radius 1 is 1.43 bits per heavy atom. The molecule has 2 heterocycles. The van der Waals surface area contributed by atoms with Crippen LogP contribution in [-0.4, -0.2) is 53.7 Å². The molecule has 0 spiro atoms. The van der Waals surface area contributed by atoms with Crippen LogP contribution in [0.5, 0.6) is 0 Å². The highest BCUT2D eigenvalue weighted by Crippen LogP contribution is 2.17. The molecule has 0 aromatic carbocycles. The van der Waals surface area contributed by atoms with Crippen molar-refractivity contribution in [2.24, 2.45) is 0 Å². The van der Waals surface area contributed by atoms with Gasteiger partial charge in [-0.15, -0.1) is 12.4 Å². The Hall–Kier alpha value is -1.60. The third-order valence-electron chi connectivity index (χ3n) is 3.49. The monoisotopic (exact) mass is 316 g/mol. The number of nitrogens with one attached hydrogen (secondary N) is 2. The Balaban J connectivity index is 0.00000220. The molecule has 2 rings (SSSR count). The summed E-state index contributed by atoms with van der Waals surface area (Å²) in [5.41, 5.74) is 2.42. The molecule has 0 saturated carbocycles. The molecule has 118 valence electrons. The molecule has 0 unspecified atom stereocenters. The van der Waals surface area contributed by atoms with Crippen LogP contribution in [0.3, 0.4) is 0 Å². The zero-order chi connectivity index (χ0) is 14.5. The van der Waals surface area contributed by atoms with E-state index in [9.17, 15) is 9.59 Å². The van der Waals surface area contributed by atoms with Gasteiger partial charge in [0.2, 0.25) is 0 Å². The fraction of sp³-hybridized carbons (Fsp3) is 0.615. The van der Waals surface area contributed by atoms with Crippen LogP contribution in [-0.2, 0) is 22.5 Å². The number of hydrogen-bond donors (Lipinski definition) is 2. The fourth-order valence-electron chi connectivity index (χ4n) is 2.28. The van der Waals surface area contributed by atoms with Gasteiger partial charge in [0.15, 0.2) is 5.69 Å². The topological polar surface area (TPSA) is 87.3 Å². The maximum atomic E-state index is 12.5. The lowest BCUT2D eigenvalue weighted by atomic mass is 10.1. The summed E-state index contributed by atoms with van der Waals surface area (Å²) in [5.74, 6) is -0.459. The number of fused-ring (bicyclic) bond motifs is 1. The van der Waals surface area contributed by atoms with Gasteiger partial charge in [-0.05, 0) is 6.92 Å². The zero-order valence-electron chi connectivity index (χ0n) is 12.3. The average Bonchev–Trinajstić information content (AvgIpc) is 2.91. The molecular formula is C13H21ClN4O3. The number of rotatable bonds is 5. The fourth-order valence-corrected chi connectivity index (χ4v) is 2.28. The van der Waals surface area contributed by atoms with E-state index in [1.807, 2.05) is 6.92 Å². The molecule has 0 aliphatic carbocycles. The van der Waals surface area contributed by atoms with Crippen molar-refractivity contribution in [3.8, 4) is 0 Å². The van der Waals surface area contributed by atoms with Crippen molar-refractivity contribution in [2.45, 2.75) is 26.3 Å². The van der Waals surface area contributed by atoms with Gasteiger partial charge in [-0.2, -0.15) is 5.10 Å². The number of ether oxygens (including phenoxy) is 1. The van der Waals surface area contributed by atoms with E-state index >= 15 is 0 Å². The minimum Gasteiger partial charge on any atom is -0.469 e. The van der Waals surface area contributed by atoms with Crippen LogP contribution in [0.4, 0.5) is 0 Å². The van der Waals surface area contributed by atoms with Crippen molar-refractivity contribution in [1.29, 1.82) is 0 Å². The Kier molecular flexibility index (Phi) is 6.64. The van der Waals surface area contributed by atoms with Crippen molar-refractivity contribution in [3.63, 3.8) is 0 Å². The highest BCUT2D eigenvalue weighted by Gasteiger charge is 2.25. The first kappa shape index (κ1) is 17.5. The molecule has 1 aromatic heterocycles. The van der Waals surface area contributed by atoms with Crippen LogP contribution in [0, 0.1) is 0 Å². The number of hydrogen-bond acceptors (Lipinski definition) is 5. The quantitative estimate of drug-likeness (QED) is 0.773. The van der Waals surface area contributed by atoms with Gasteiger partial charge in [0, 0.05) is 43.9 Å². The van der Waals surface area contributed by atoms with Crippen molar-refractivity contribution in [1.82, 2.24) is 20.4 Å². The minimum atomic E-state index is -0.318. The maximum absolute atomic E-state index is 12.5. The highest BCUT2D eigenvalue weighted by molar-refractivity contribution is 5.94. The van der Waals surface area contributed by atoms with Gasteiger partial charge in [-0.3, -0.25) is 14.7 Å². The molecule has 1 aliphatic rings. The van der Waals surface area contributed by atoms with Crippen LogP contribution in [0.2, 0.25) is 0 Å². The van der Waals surface area contributed by atoms with E-state index in [-0.39, 0.29) is 30.7 Å². The maximum Gasteiger partial charge on any atom is 0.307 e. The number of aromatic nitrogens is 2. The minimum absolute atomic E-state index is 0. The van der Waals surface area contributed by atoms with E-state index in [0.29, 0.717) is 25.3 Å². The number of carbonyl (C=O) groups excluding carboxylic acids is 2. The first-order valence-corrected chi connectivity index (χ1v) is 6.80. The summed E-state index contributed by atoms with van der Waals surface area (Å²) in [6, 6.07) is 0. The second-order valence-electron chi connectivity index (χ2n) is 4.67. The largest absolute Gasteiger partial charge is 0.469 e. The number of carbonyl (C=O) groups is 2. The SMILES string of the molecule is CCN(CCC(=O)OC)C(=O)c1n[nH]c2c1CNCC2.Cl. The smallest absolute Gasteiger partial charge is 0.307 e. The number of halogens is 1. The van der Waals surface area contributed by atoms with E-state index in [0.717, 1.165) is 24.2 Å². The van der Waals surface area contributed by atoms with Gasteiger partial charge >= 0.3 is 5.97 Å². The first-order valence-electron chi connectivity index (χ1n) is 6.80. The molecule has 0 atom stereocenters. The van der Waals surface area contributed by atoms with Gasteiger partial charge in [0.1, 0.15) is 0 Å². The summed E-state index contributed by atoms with van der Waals surface area (Å²) in [4.78, 5) is 25.3. The van der Waals surface area contributed by atoms with Crippen LogP contribution in [0.25, 0.3) is 0 Å². The van der Waals surface area contributed by atoms with Gasteiger partial charge in [0.25, 0.3) is 5.91 Å². The summed E-state index contributed by atoms with van der Waals surface area (Å²) >= 11 is 0. The van der Waals surface area contributed by atoms with E-state index in [1.54, 1.807) is 4.90 Å². The second kappa shape index (κ2) is 7.99. The molecule has 21 heavy (non-hydrogen) atoms. The molecule has 1 aliphatic heterocycles. The van der Waals surface area contributed by atoms with Crippen LogP contribution >= 0.6 is 12.4 Å². The van der Waals surface area contributed by atoms with Crippen molar-refractivity contribution in [2.75, 3.05) is 26.7 Å². The van der Waals surface area contributed by atoms with Gasteiger partial charge in [-0.25, -0.2) is 0 Å². The molecular weight excluding hydrogens is 296 g/mol. The lowest BCUT2D eigenvalue weighted by Crippen LogP contribution is -2.34. The van der Waals surface area contributed by atoms with E-state index < -0.39 is 0 Å². The highest BCUT2D eigenvalue weighted by atomic mass is 35.5. The Morgan fingerprint density at radius 2 is 2.19 bits per heavy atom. The number of methoxy groups -OCH3 is 1. The number of nitrogens with zero attached hydrogens (tertiary/aromatic N) is 2. The molecule has 0 saturated heterocycles. The van der Waals surface area contributed by atoms with Crippen molar-refractivity contribution >= 4 is 24.3 Å². The molecule has 1 amide bonds. The van der Waals surface area contributed by atoms with Crippen LogP contribution < -0.4 is 5.32 Å². The second-order valence-corrected chi connectivity index (χ2v) is 4.67. The Bertz CT molecular complexity index is 504. The third-order valence-corrected chi connectivity index (χ3v) is 3.49. The summed E-state index contributed by atoms with van der Waals surface area (Å²) in [6.45, 7) is 4.30. The number of H-pyrrole nitrogens is 1. The van der Waals surface area contributed by atoms with Crippen molar-refractivity contribution in [3.05, 3.63) is 17.0 Å². The summed E-state index contributed by atoms with van der Waals surface area (Å²) in [5, 5.41) is 10.3. The molecule has 0 fully saturated rings. The molecule has 7 nitrogen and oxygen atoms in total. The molecule has 2 N–H and O–H groups in total. The van der Waals surface area contributed by atoms with E-state index in [2.05, 4.69) is 20.3 Å². The number of aromatic amines is 1. The van der Waals surface area contributed by atoms with Crippen molar-refractivity contribution < 1.29 is 14.3 Å². The lowest BCUT2D eigenvalue weighted by molar-refractivity contribution is -0.140. The third kappa shape index (κ3) is 3.95. The lowest BCUT2D eigenvalue weighted by Gasteiger charge is -2.20. The zero-order valence-corrected chi connectivity index (χ0v) is 13.1. The predicted molar refractivity (Wildman–Crippen MR) is 79.5 cm³/mol. The number of amides is 1. The van der Waals surface area contributed by atoms with Crippen LogP contribution in [0.15, 0.2) is 0 Å². The normalized spacial score (nSPS) is 13.0. The molecule has 1 aromatic rings. The first-order chi connectivity index (χ1) is 9.67.